The van der Waals surface area contributed by atoms with Gasteiger partial charge in [-0.05, 0) is 87.5 Å². The Hall–Kier alpha value is -5.26. The lowest BCUT2D eigenvalue weighted by Gasteiger charge is -2.40. The van der Waals surface area contributed by atoms with Crippen LogP contribution in [0.1, 0.15) is 37.0 Å². The third-order valence-corrected chi connectivity index (χ3v) is 10.1. The Morgan fingerprint density at radius 3 is 2.10 bits per heavy atom. The van der Waals surface area contributed by atoms with Crippen LogP contribution in [-0.4, -0.2) is 9.97 Å². The van der Waals surface area contributed by atoms with Crippen LogP contribution in [0.2, 0.25) is 0 Å². The summed E-state index contributed by atoms with van der Waals surface area (Å²) in [5.41, 5.74) is 10.3. The second kappa shape index (κ2) is 12.1. The molecular formula is C43H35BrN4. The van der Waals surface area contributed by atoms with Crippen molar-refractivity contribution in [3.05, 3.63) is 185 Å². The molecule has 2 aromatic heterocycles. The highest BCUT2D eigenvalue weighted by atomic mass is 79.9. The van der Waals surface area contributed by atoms with Gasteiger partial charge in [-0.1, -0.05) is 127 Å². The van der Waals surface area contributed by atoms with Crippen molar-refractivity contribution in [2.45, 2.75) is 31.2 Å². The summed E-state index contributed by atoms with van der Waals surface area (Å²) in [6.45, 7) is 4.65. The van der Waals surface area contributed by atoms with Crippen molar-refractivity contribution in [1.29, 1.82) is 0 Å². The lowest BCUT2D eigenvalue weighted by atomic mass is 9.80. The highest BCUT2D eigenvalue weighted by molar-refractivity contribution is 9.11. The first kappa shape index (κ1) is 30.1. The van der Waals surface area contributed by atoms with Gasteiger partial charge in [0.15, 0.2) is 0 Å². The molecule has 8 rings (SSSR count). The van der Waals surface area contributed by atoms with Gasteiger partial charge in [-0.2, -0.15) is 0 Å². The molecule has 2 heterocycles. The van der Waals surface area contributed by atoms with Gasteiger partial charge in [0.1, 0.15) is 11.6 Å². The normalized spacial score (nSPS) is 17.5. The van der Waals surface area contributed by atoms with Crippen molar-refractivity contribution < 1.29 is 0 Å². The van der Waals surface area contributed by atoms with Gasteiger partial charge < -0.3 is 5.32 Å². The number of allylic oxidation sites excluding steroid dienone is 2. The van der Waals surface area contributed by atoms with Gasteiger partial charge in [0, 0.05) is 40.1 Å². The summed E-state index contributed by atoms with van der Waals surface area (Å²) in [7, 11) is 0. The fourth-order valence-electron chi connectivity index (χ4n) is 7.32. The maximum absolute atomic E-state index is 4.89. The molecule has 0 amide bonds. The summed E-state index contributed by atoms with van der Waals surface area (Å²) < 4.78 is 0.981. The number of pyridine rings is 2. The Balaban J connectivity index is 1.25. The highest BCUT2D eigenvalue weighted by Crippen LogP contribution is 2.51. The van der Waals surface area contributed by atoms with Gasteiger partial charge in [0.05, 0.1) is 5.54 Å². The summed E-state index contributed by atoms with van der Waals surface area (Å²) in [6.07, 6.45) is 8.84. The number of fused-ring (bicyclic) bond motifs is 3. The summed E-state index contributed by atoms with van der Waals surface area (Å²) in [4.78, 5) is 11.9. The van der Waals surface area contributed by atoms with Crippen LogP contribution < -0.4 is 10.2 Å². The molecule has 0 radical (unpaired) electrons. The molecule has 4 nitrogen and oxygen atoms in total. The van der Waals surface area contributed by atoms with E-state index in [2.05, 4.69) is 161 Å². The number of rotatable bonds is 7. The molecule has 0 saturated carbocycles. The number of benzene rings is 4. The highest BCUT2D eigenvalue weighted by Gasteiger charge is 2.39. The molecule has 0 aliphatic heterocycles. The zero-order valence-corrected chi connectivity index (χ0v) is 28.5. The Morgan fingerprint density at radius 2 is 1.35 bits per heavy atom. The van der Waals surface area contributed by atoms with Crippen LogP contribution in [0.5, 0.6) is 0 Å². The fraction of sp³-hybridized carbons (Fsp3) is 0.116. The van der Waals surface area contributed by atoms with Crippen LogP contribution in [0, 0.1) is 0 Å². The largest absolute Gasteiger partial charge is 0.357 e. The Bertz CT molecular complexity index is 2160. The Kier molecular flexibility index (Phi) is 7.57. The maximum atomic E-state index is 4.89. The SMILES string of the molecule is CC1(C)c2ccccc2-c2ccc(N(C3=CC(Br)=CC(Nc4ccccn4)(c4ccc(-c5ccccc5)cc4)C3)c3ccccn3)cc21. The standard InChI is InChI=1S/C43H35BrN4/c1-42(2)38-15-7-6-14-36(38)37-23-22-34(27-39(37)42)48(41-17-9-11-25-46-41)35-26-33(44)28-43(29-35,47-40-16-8-10-24-45-40)32-20-18-31(19-21-32)30-12-4-3-5-13-30/h3-28H,29H2,1-2H3,(H,45,47). The number of nitrogens with zero attached hydrogens (tertiary/aromatic N) is 3. The van der Waals surface area contributed by atoms with Gasteiger partial charge in [-0.25, -0.2) is 9.97 Å². The molecule has 0 fully saturated rings. The molecule has 6 aromatic rings. The van der Waals surface area contributed by atoms with Crippen molar-refractivity contribution in [3.8, 4) is 22.3 Å². The van der Waals surface area contributed by atoms with Gasteiger partial charge >= 0.3 is 0 Å². The van der Waals surface area contributed by atoms with Gasteiger partial charge in [0.25, 0.3) is 0 Å². The van der Waals surface area contributed by atoms with Crippen LogP contribution in [0.3, 0.4) is 0 Å². The van der Waals surface area contributed by atoms with Crippen LogP contribution >= 0.6 is 15.9 Å². The molecule has 48 heavy (non-hydrogen) atoms. The number of nitrogens with one attached hydrogen (secondary N) is 1. The van der Waals surface area contributed by atoms with Gasteiger partial charge in [-0.15, -0.1) is 0 Å². The summed E-state index contributed by atoms with van der Waals surface area (Å²) in [6, 6.07) is 47.2. The Morgan fingerprint density at radius 1 is 0.667 bits per heavy atom. The molecule has 1 unspecified atom stereocenters. The molecule has 0 saturated heterocycles. The molecule has 4 aromatic carbocycles. The lowest BCUT2D eigenvalue weighted by Crippen LogP contribution is -2.38. The minimum absolute atomic E-state index is 0.121. The van der Waals surface area contributed by atoms with Crippen molar-refractivity contribution >= 4 is 33.3 Å². The average Bonchev–Trinajstić information content (AvgIpc) is 3.35. The van der Waals surface area contributed by atoms with E-state index < -0.39 is 5.54 Å². The van der Waals surface area contributed by atoms with E-state index in [1.807, 2.05) is 36.7 Å². The van der Waals surface area contributed by atoms with E-state index >= 15 is 0 Å². The number of anilines is 3. The maximum Gasteiger partial charge on any atom is 0.137 e. The monoisotopic (exact) mass is 686 g/mol. The first-order valence-corrected chi connectivity index (χ1v) is 17.1. The first-order valence-electron chi connectivity index (χ1n) is 16.3. The molecule has 2 aliphatic carbocycles. The van der Waals surface area contributed by atoms with E-state index in [1.165, 1.54) is 33.4 Å². The first-order chi connectivity index (χ1) is 23.4. The molecule has 0 bridgehead atoms. The van der Waals surface area contributed by atoms with Crippen LogP contribution in [0.25, 0.3) is 22.3 Å². The number of hydrogen-bond acceptors (Lipinski definition) is 4. The summed E-state index contributed by atoms with van der Waals surface area (Å²) in [5, 5.41) is 3.85. The molecule has 1 atom stereocenters. The van der Waals surface area contributed by atoms with E-state index in [1.54, 1.807) is 0 Å². The predicted octanol–water partition coefficient (Wildman–Crippen LogP) is 11.2. The van der Waals surface area contributed by atoms with Crippen molar-refractivity contribution in [2.75, 3.05) is 10.2 Å². The van der Waals surface area contributed by atoms with Crippen LogP contribution in [0.15, 0.2) is 168 Å². The lowest BCUT2D eigenvalue weighted by molar-refractivity contribution is 0.587. The van der Waals surface area contributed by atoms with Gasteiger partial charge in [-0.3, -0.25) is 4.90 Å². The third kappa shape index (κ3) is 5.34. The molecule has 0 spiro atoms. The van der Waals surface area contributed by atoms with Crippen LogP contribution in [-0.2, 0) is 11.0 Å². The smallest absolute Gasteiger partial charge is 0.137 e. The number of halogens is 1. The molecule has 1 N–H and O–H groups in total. The van der Waals surface area contributed by atoms with E-state index in [0.717, 1.165) is 33.1 Å². The number of hydrogen-bond donors (Lipinski definition) is 1. The summed E-state index contributed by atoms with van der Waals surface area (Å²) in [5.74, 6) is 1.68. The van der Waals surface area contributed by atoms with E-state index in [4.69, 9.17) is 9.97 Å². The number of aromatic nitrogens is 2. The van der Waals surface area contributed by atoms with Crippen molar-refractivity contribution in [1.82, 2.24) is 9.97 Å². The van der Waals surface area contributed by atoms with Gasteiger partial charge in [0.2, 0.25) is 0 Å². The third-order valence-electron chi connectivity index (χ3n) is 9.66. The minimum Gasteiger partial charge on any atom is -0.357 e. The second-order valence-electron chi connectivity index (χ2n) is 13.0. The van der Waals surface area contributed by atoms with Crippen molar-refractivity contribution in [3.63, 3.8) is 0 Å². The summed E-state index contributed by atoms with van der Waals surface area (Å²) >= 11 is 3.94. The Labute approximate surface area is 290 Å². The van der Waals surface area contributed by atoms with Crippen LogP contribution in [0.4, 0.5) is 17.3 Å². The fourth-order valence-corrected chi connectivity index (χ4v) is 7.98. The zero-order chi connectivity index (χ0) is 32.7. The molecular weight excluding hydrogens is 652 g/mol. The minimum atomic E-state index is -0.605. The molecule has 234 valence electrons. The quantitative estimate of drug-likeness (QED) is 0.181. The predicted molar refractivity (Wildman–Crippen MR) is 202 cm³/mol. The van der Waals surface area contributed by atoms with E-state index in [-0.39, 0.29) is 5.41 Å². The topological polar surface area (TPSA) is 41.0 Å². The average molecular weight is 688 g/mol. The van der Waals surface area contributed by atoms with E-state index in [9.17, 15) is 0 Å². The van der Waals surface area contributed by atoms with Crippen molar-refractivity contribution in [2.24, 2.45) is 0 Å². The molecule has 5 heteroatoms. The van der Waals surface area contributed by atoms with E-state index in [0.29, 0.717) is 6.42 Å². The zero-order valence-electron chi connectivity index (χ0n) is 26.9. The molecule has 2 aliphatic rings. The second-order valence-corrected chi connectivity index (χ2v) is 13.9.